The first kappa shape index (κ1) is 11.4. The van der Waals surface area contributed by atoms with Crippen molar-refractivity contribution in [1.29, 1.82) is 0 Å². The summed E-state index contributed by atoms with van der Waals surface area (Å²) in [4.78, 5) is 26.3. The number of alkyl halides is 1. The topological polar surface area (TPSA) is 54.9 Å². The van der Waals surface area contributed by atoms with Gasteiger partial charge in [0.05, 0.1) is 10.9 Å². The van der Waals surface area contributed by atoms with Crippen LogP contribution < -0.4 is 11.2 Å². The number of thiophene rings is 1. The molecule has 0 saturated carbocycles. The van der Waals surface area contributed by atoms with E-state index in [1.54, 1.807) is 11.4 Å². The summed E-state index contributed by atoms with van der Waals surface area (Å²) in [7, 11) is 0. The highest BCUT2D eigenvalue weighted by Gasteiger charge is 2.11. The van der Waals surface area contributed by atoms with Crippen LogP contribution in [0.4, 0.5) is 0 Å². The molecule has 0 amide bonds. The molecule has 86 valence electrons. The second-order valence-electron chi connectivity index (χ2n) is 3.51. The van der Waals surface area contributed by atoms with E-state index >= 15 is 0 Å². The van der Waals surface area contributed by atoms with Crippen LogP contribution >= 0.6 is 22.9 Å². The first-order valence-corrected chi connectivity index (χ1v) is 6.29. The van der Waals surface area contributed by atoms with Crippen molar-refractivity contribution in [2.75, 3.05) is 0 Å². The Kier molecular flexibility index (Phi) is 3.16. The summed E-state index contributed by atoms with van der Waals surface area (Å²) in [6.45, 7) is 2.17. The molecule has 16 heavy (non-hydrogen) atoms. The van der Waals surface area contributed by atoms with Crippen molar-refractivity contribution in [3.8, 4) is 0 Å². The average Bonchev–Trinajstić information content (AvgIpc) is 2.71. The Morgan fingerprint density at radius 1 is 1.56 bits per heavy atom. The SMILES string of the molecule is CCC(Cl)Cn1c(=O)[nH]c2ccsc2c1=O. The van der Waals surface area contributed by atoms with Crippen molar-refractivity contribution in [3.63, 3.8) is 0 Å². The molecule has 0 aliphatic heterocycles. The summed E-state index contributed by atoms with van der Waals surface area (Å²) in [5.41, 5.74) is -0.0540. The smallest absolute Gasteiger partial charge is 0.306 e. The fourth-order valence-electron chi connectivity index (χ4n) is 1.46. The quantitative estimate of drug-likeness (QED) is 0.853. The van der Waals surface area contributed by atoms with E-state index in [1.807, 2.05) is 6.92 Å². The van der Waals surface area contributed by atoms with E-state index in [1.165, 1.54) is 15.9 Å². The first-order chi connectivity index (χ1) is 7.63. The van der Waals surface area contributed by atoms with Gasteiger partial charge in [0.25, 0.3) is 5.56 Å². The molecule has 0 fully saturated rings. The maximum atomic E-state index is 12.0. The van der Waals surface area contributed by atoms with Gasteiger partial charge in [-0.05, 0) is 17.9 Å². The monoisotopic (exact) mass is 258 g/mol. The van der Waals surface area contributed by atoms with E-state index in [0.29, 0.717) is 10.2 Å². The zero-order valence-corrected chi connectivity index (χ0v) is 10.3. The van der Waals surface area contributed by atoms with E-state index in [4.69, 9.17) is 11.6 Å². The molecule has 2 rings (SSSR count). The Morgan fingerprint density at radius 2 is 2.31 bits per heavy atom. The lowest BCUT2D eigenvalue weighted by Gasteiger charge is -2.07. The first-order valence-electron chi connectivity index (χ1n) is 4.98. The van der Waals surface area contributed by atoms with Gasteiger partial charge in [0.15, 0.2) is 0 Å². The van der Waals surface area contributed by atoms with Crippen molar-refractivity contribution >= 4 is 33.2 Å². The van der Waals surface area contributed by atoms with Gasteiger partial charge in [0.1, 0.15) is 4.70 Å². The number of aromatic nitrogens is 2. The van der Waals surface area contributed by atoms with Crippen LogP contribution in [-0.2, 0) is 6.54 Å². The lowest BCUT2D eigenvalue weighted by molar-refractivity contribution is 0.597. The van der Waals surface area contributed by atoms with Gasteiger partial charge in [0, 0.05) is 6.54 Å². The Balaban J connectivity index is 2.60. The molecular weight excluding hydrogens is 248 g/mol. The van der Waals surface area contributed by atoms with E-state index < -0.39 is 5.69 Å². The van der Waals surface area contributed by atoms with Crippen LogP contribution in [0.2, 0.25) is 0 Å². The summed E-state index contributed by atoms with van der Waals surface area (Å²) < 4.78 is 1.74. The van der Waals surface area contributed by atoms with Crippen molar-refractivity contribution in [3.05, 3.63) is 32.3 Å². The van der Waals surface area contributed by atoms with Gasteiger partial charge in [0.2, 0.25) is 0 Å². The highest BCUT2D eigenvalue weighted by atomic mass is 35.5. The molecule has 0 radical (unpaired) electrons. The van der Waals surface area contributed by atoms with Crippen LogP contribution in [0.5, 0.6) is 0 Å². The zero-order valence-electron chi connectivity index (χ0n) is 8.70. The number of rotatable bonds is 3. The molecule has 1 atom stereocenters. The summed E-state index contributed by atoms with van der Waals surface area (Å²) in [6, 6.07) is 1.73. The highest BCUT2D eigenvalue weighted by Crippen LogP contribution is 2.12. The standard InChI is InChI=1S/C10H11ClN2O2S/c1-2-6(11)5-13-9(14)8-7(3-4-16-8)12-10(13)15/h3-4,6H,2,5H2,1H3,(H,12,15). The third-order valence-electron chi connectivity index (χ3n) is 2.42. The van der Waals surface area contributed by atoms with Crippen molar-refractivity contribution in [2.24, 2.45) is 0 Å². The molecule has 1 unspecified atom stereocenters. The molecule has 6 heteroatoms. The molecule has 0 aromatic carbocycles. The molecule has 0 aliphatic carbocycles. The Hall–Kier alpha value is -1.07. The van der Waals surface area contributed by atoms with Crippen LogP contribution in [0.15, 0.2) is 21.0 Å². The van der Waals surface area contributed by atoms with E-state index in [0.717, 1.165) is 6.42 Å². The van der Waals surface area contributed by atoms with Gasteiger partial charge < -0.3 is 4.98 Å². The predicted molar refractivity (Wildman–Crippen MR) is 66.6 cm³/mol. The molecule has 0 saturated heterocycles. The highest BCUT2D eigenvalue weighted by molar-refractivity contribution is 7.17. The third kappa shape index (κ3) is 1.92. The van der Waals surface area contributed by atoms with Crippen LogP contribution in [0.3, 0.4) is 0 Å². The fraction of sp³-hybridized carbons (Fsp3) is 0.400. The van der Waals surface area contributed by atoms with E-state index in [9.17, 15) is 9.59 Å². The Bertz CT molecular complexity index is 613. The van der Waals surface area contributed by atoms with Gasteiger partial charge in [-0.3, -0.25) is 9.36 Å². The number of H-pyrrole nitrogens is 1. The second kappa shape index (κ2) is 4.43. The minimum Gasteiger partial charge on any atom is -0.306 e. The number of nitrogens with one attached hydrogen (secondary N) is 1. The third-order valence-corrected chi connectivity index (χ3v) is 3.76. The number of hydrogen-bond acceptors (Lipinski definition) is 3. The summed E-state index contributed by atoms with van der Waals surface area (Å²) in [6.07, 6.45) is 0.718. The molecular formula is C10H11ClN2O2S. The van der Waals surface area contributed by atoms with Crippen LogP contribution in [0.1, 0.15) is 13.3 Å². The van der Waals surface area contributed by atoms with Gasteiger partial charge in [-0.15, -0.1) is 22.9 Å². The zero-order chi connectivity index (χ0) is 11.7. The van der Waals surface area contributed by atoms with Gasteiger partial charge in [-0.2, -0.15) is 0 Å². The number of aromatic amines is 1. The number of halogens is 1. The normalized spacial score (nSPS) is 13.1. The van der Waals surface area contributed by atoms with Crippen molar-refractivity contribution in [1.82, 2.24) is 9.55 Å². The van der Waals surface area contributed by atoms with Crippen LogP contribution in [-0.4, -0.2) is 14.9 Å². The minimum atomic E-state index is -0.394. The molecule has 4 nitrogen and oxygen atoms in total. The van der Waals surface area contributed by atoms with E-state index in [-0.39, 0.29) is 17.5 Å². The molecule has 0 aliphatic rings. The Morgan fingerprint density at radius 3 is 3.00 bits per heavy atom. The summed E-state index contributed by atoms with van der Waals surface area (Å²) in [5.74, 6) is 0. The lowest BCUT2D eigenvalue weighted by atomic mass is 10.3. The van der Waals surface area contributed by atoms with Gasteiger partial charge in [-0.1, -0.05) is 6.92 Å². The van der Waals surface area contributed by atoms with E-state index in [2.05, 4.69) is 4.98 Å². The number of nitrogens with zero attached hydrogens (tertiary/aromatic N) is 1. The summed E-state index contributed by atoms with van der Waals surface area (Å²) >= 11 is 7.28. The van der Waals surface area contributed by atoms with Gasteiger partial charge >= 0.3 is 5.69 Å². The minimum absolute atomic E-state index is 0.198. The molecule has 0 bridgehead atoms. The molecule has 1 N–H and O–H groups in total. The lowest BCUT2D eigenvalue weighted by Crippen LogP contribution is -2.36. The fourth-order valence-corrected chi connectivity index (χ4v) is 2.40. The molecule has 2 aromatic heterocycles. The second-order valence-corrected chi connectivity index (χ2v) is 5.05. The Labute approximate surface area is 100 Å². The molecule has 2 heterocycles. The molecule has 2 aromatic rings. The van der Waals surface area contributed by atoms with Gasteiger partial charge in [-0.25, -0.2) is 4.79 Å². The maximum absolute atomic E-state index is 12.0. The summed E-state index contributed by atoms with van der Waals surface area (Å²) in [5, 5.41) is 1.58. The van der Waals surface area contributed by atoms with Crippen LogP contribution in [0, 0.1) is 0 Å². The van der Waals surface area contributed by atoms with Crippen LogP contribution in [0.25, 0.3) is 10.2 Å². The number of hydrogen-bond donors (Lipinski definition) is 1. The largest absolute Gasteiger partial charge is 0.328 e. The predicted octanol–water partition coefficient (Wildman–Crippen LogP) is 1.77. The molecule has 0 spiro atoms. The number of fused-ring (bicyclic) bond motifs is 1. The van der Waals surface area contributed by atoms with Crippen molar-refractivity contribution < 1.29 is 0 Å². The van der Waals surface area contributed by atoms with Crippen molar-refractivity contribution in [2.45, 2.75) is 25.3 Å². The maximum Gasteiger partial charge on any atom is 0.328 e. The average molecular weight is 259 g/mol.